The number of nitrogens with zero attached hydrogens (tertiary/aromatic N) is 1. The molecule has 2 aromatic rings. The molecule has 33 heavy (non-hydrogen) atoms. The maximum atomic E-state index is 15.6. The number of urea groups is 1. The number of nitrogens with one attached hydrogen (secondary N) is 2. The summed E-state index contributed by atoms with van der Waals surface area (Å²) in [6, 6.07) is 6.60. The number of benzene rings is 2. The number of rotatable bonds is 4. The van der Waals surface area contributed by atoms with Gasteiger partial charge < -0.3 is 20.3 Å². The monoisotopic (exact) mass is 461 g/mol. The minimum absolute atomic E-state index is 0.0551. The van der Waals surface area contributed by atoms with Crippen molar-refractivity contribution in [3.63, 3.8) is 0 Å². The normalized spacial score (nSPS) is 24.8. The van der Waals surface area contributed by atoms with Gasteiger partial charge in [0.1, 0.15) is 24.1 Å². The fourth-order valence-corrected chi connectivity index (χ4v) is 4.93. The Morgan fingerprint density at radius 1 is 1.24 bits per heavy atom. The van der Waals surface area contributed by atoms with Crippen molar-refractivity contribution in [1.29, 1.82) is 0 Å². The molecule has 0 aromatic heterocycles. The second kappa shape index (κ2) is 9.05. The number of ether oxygens (including phenoxy) is 1. The summed E-state index contributed by atoms with van der Waals surface area (Å²) in [4.78, 5) is 26.7. The van der Waals surface area contributed by atoms with Crippen molar-refractivity contribution in [3.8, 4) is 11.1 Å². The van der Waals surface area contributed by atoms with Crippen LogP contribution in [0.1, 0.15) is 19.4 Å². The summed E-state index contributed by atoms with van der Waals surface area (Å²) in [5.74, 6) is -2.67. The van der Waals surface area contributed by atoms with Crippen LogP contribution in [-0.4, -0.2) is 54.7 Å². The van der Waals surface area contributed by atoms with E-state index in [1.54, 1.807) is 24.0 Å². The van der Waals surface area contributed by atoms with Crippen LogP contribution in [0.25, 0.3) is 11.1 Å². The van der Waals surface area contributed by atoms with Crippen LogP contribution in [-0.2, 0) is 16.0 Å². The number of hydrogen-bond acceptors (Lipinski definition) is 3. The predicted molar refractivity (Wildman–Crippen MR) is 116 cm³/mol. The van der Waals surface area contributed by atoms with E-state index >= 15 is 4.39 Å². The third-order valence-electron chi connectivity index (χ3n) is 6.52. The molecule has 0 saturated carbocycles. The molecule has 6 nitrogen and oxygen atoms in total. The highest BCUT2D eigenvalue weighted by molar-refractivity contribution is 5.80. The molecular weight excluding hydrogens is 435 g/mol. The SMILES string of the molecule is CCNC(=O)N1C[C@H](C)[C@]2(COCC(=O)N2)[C@H]1Cc1cccc(-c2cc(F)cc(F)c2)c1F. The lowest BCUT2D eigenvalue weighted by molar-refractivity contribution is -0.137. The summed E-state index contributed by atoms with van der Waals surface area (Å²) in [7, 11) is 0. The summed E-state index contributed by atoms with van der Waals surface area (Å²) in [6.45, 7) is 4.62. The van der Waals surface area contributed by atoms with Gasteiger partial charge in [0, 0.05) is 30.6 Å². The predicted octanol–water partition coefficient (Wildman–Crippen LogP) is 3.25. The average molecular weight is 461 g/mol. The van der Waals surface area contributed by atoms with E-state index in [1.165, 1.54) is 6.07 Å². The van der Waals surface area contributed by atoms with Gasteiger partial charge in [0.25, 0.3) is 0 Å². The van der Waals surface area contributed by atoms with Crippen LogP contribution in [0.2, 0.25) is 0 Å². The highest BCUT2D eigenvalue weighted by Crippen LogP contribution is 2.38. The van der Waals surface area contributed by atoms with Gasteiger partial charge in [-0.2, -0.15) is 0 Å². The molecule has 0 aliphatic carbocycles. The van der Waals surface area contributed by atoms with Crippen LogP contribution in [0, 0.1) is 23.4 Å². The fourth-order valence-electron chi connectivity index (χ4n) is 4.93. The number of likely N-dealkylation sites (tertiary alicyclic amines) is 1. The average Bonchev–Trinajstić information content (AvgIpc) is 3.00. The zero-order valence-electron chi connectivity index (χ0n) is 18.5. The first-order valence-electron chi connectivity index (χ1n) is 10.9. The molecule has 2 heterocycles. The molecule has 0 unspecified atom stereocenters. The third-order valence-corrected chi connectivity index (χ3v) is 6.52. The lowest BCUT2D eigenvalue weighted by Gasteiger charge is -2.43. The van der Waals surface area contributed by atoms with E-state index in [2.05, 4.69) is 10.6 Å². The summed E-state index contributed by atoms with van der Waals surface area (Å²) >= 11 is 0. The van der Waals surface area contributed by atoms with Gasteiger partial charge in [-0.05, 0) is 36.6 Å². The van der Waals surface area contributed by atoms with Gasteiger partial charge in [0.15, 0.2) is 0 Å². The van der Waals surface area contributed by atoms with Crippen molar-refractivity contribution in [2.45, 2.75) is 31.8 Å². The quantitative estimate of drug-likeness (QED) is 0.735. The van der Waals surface area contributed by atoms with Gasteiger partial charge in [-0.1, -0.05) is 25.1 Å². The maximum absolute atomic E-state index is 15.6. The number of halogens is 3. The van der Waals surface area contributed by atoms with Crippen molar-refractivity contribution >= 4 is 11.9 Å². The van der Waals surface area contributed by atoms with Gasteiger partial charge >= 0.3 is 6.03 Å². The number of hydrogen-bond donors (Lipinski definition) is 2. The van der Waals surface area contributed by atoms with Gasteiger partial charge in [-0.25, -0.2) is 18.0 Å². The molecule has 4 rings (SSSR count). The number of morpholine rings is 1. The second-order valence-corrected chi connectivity index (χ2v) is 8.63. The molecule has 9 heteroatoms. The lowest BCUT2D eigenvalue weighted by Crippen LogP contribution is -2.66. The summed E-state index contributed by atoms with van der Waals surface area (Å²) in [5, 5.41) is 5.79. The molecule has 0 bridgehead atoms. The molecule has 3 amide bonds. The summed E-state index contributed by atoms with van der Waals surface area (Å²) in [5.41, 5.74) is -0.478. The molecule has 2 N–H and O–H groups in total. The molecule has 3 atom stereocenters. The summed E-state index contributed by atoms with van der Waals surface area (Å²) in [6.07, 6.45) is 0.0859. The van der Waals surface area contributed by atoms with E-state index < -0.39 is 29.0 Å². The Labute approximate surface area is 190 Å². The van der Waals surface area contributed by atoms with Crippen LogP contribution in [0.15, 0.2) is 36.4 Å². The van der Waals surface area contributed by atoms with E-state index in [0.29, 0.717) is 13.1 Å². The lowest BCUT2D eigenvalue weighted by atomic mass is 9.79. The Balaban J connectivity index is 1.74. The largest absolute Gasteiger partial charge is 0.369 e. The summed E-state index contributed by atoms with van der Waals surface area (Å²) < 4.78 is 48.6. The van der Waals surface area contributed by atoms with Crippen LogP contribution in [0.5, 0.6) is 0 Å². The standard InChI is InChI=1S/C24H26F3N3O3/c1-3-28-23(32)30-11-14(2)24(13-33-12-21(31)29-24)20(30)9-15-5-4-6-19(22(15)27)16-7-17(25)10-18(26)8-16/h4-8,10,14,20H,3,9,11-13H2,1-2H3,(H,28,32)(H,29,31)/t14-,20+,24+/m0/s1. The number of carbonyl (C=O) groups is 2. The van der Waals surface area contributed by atoms with Crippen molar-refractivity contribution in [2.75, 3.05) is 26.3 Å². The Hall–Kier alpha value is -3.07. The molecule has 2 aliphatic heterocycles. The minimum atomic E-state index is -0.881. The molecule has 1 spiro atoms. The van der Waals surface area contributed by atoms with Crippen molar-refractivity contribution in [1.82, 2.24) is 15.5 Å². The Kier molecular flexibility index (Phi) is 6.34. The number of amides is 3. The van der Waals surface area contributed by atoms with Crippen LogP contribution < -0.4 is 10.6 Å². The first-order valence-corrected chi connectivity index (χ1v) is 10.9. The maximum Gasteiger partial charge on any atom is 0.317 e. The molecule has 0 radical (unpaired) electrons. The van der Waals surface area contributed by atoms with Crippen LogP contribution in [0.4, 0.5) is 18.0 Å². The zero-order chi connectivity index (χ0) is 23.8. The molecule has 176 valence electrons. The van der Waals surface area contributed by atoms with Crippen molar-refractivity contribution < 1.29 is 27.5 Å². The molecule has 2 saturated heterocycles. The van der Waals surface area contributed by atoms with Crippen molar-refractivity contribution in [3.05, 3.63) is 59.4 Å². The minimum Gasteiger partial charge on any atom is -0.369 e. The Bertz CT molecular complexity index is 1060. The van der Waals surface area contributed by atoms with E-state index in [-0.39, 0.29) is 54.2 Å². The van der Waals surface area contributed by atoms with E-state index in [9.17, 15) is 18.4 Å². The third kappa shape index (κ3) is 4.29. The molecule has 2 aliphatic rings. The Morgan fingerprint density at radius 2 is 1.97 bits per heavy atom. The number of carbonyl (C=O) groups excluding carboxylic acids is 2. The molecule has 2 fully saturated rings. The zero-order valence-corrected chi connectivity index (χ0v) is 18.5. The second-order valence-electron chi connectivity index (χ2n) is 8.63. The van der Waals surface area contributed by atoms with Crippen LogP contribution >= 0.6 is 0 Å². The smallest absolute Gasteiger partial charge is 0.317 e. The van der Waals surface area contributed by atoms with Gasteiger partial charge in [-0.15, -0.1) is 0 Å². The highest BCUT2D eigenvalue weighted by Gasteiger charge is 2.56. The molecule has 2 aromatic carbocycles. The highest BCUT2D eigenvalue weighted by atomic mass is 19.1. The van der Waals surface area contributed by atoms with E-state index in [4.69, 9.17) is 4.74 Å². The van der Waals surface area contributed by atoms with Gasteiger partial charge in [0.05, 0.1) is 18.2 Å². The molecular formula is C24H26F3N3O3. The van der Waals surface area contributed by atoms with Gasteiger partial charge in [-0.3, -0.25) is 4.79 Å². The van der Waals surface area contributed by atoms with Crippen molar-refractivity contribution in [2.24, 2.45) is 5.92 Å². The van der Waals surface area contributed by atoms with Crippen LogP contribution in [0.3, 0.4) is 0 Å². The Morgan fingerprint density at radius 3 is 2.64 bits per heavy atom. The first-order chi connectivity index (χ1) is 15.7. The van der Waals surface area contributed by atoms with Gasteiger partial charge in [0.2, 0.25) is 5.91 Å². The van der Waals surface area contributed by atoms with E-state index in [0.717, 1.165) is 18.2 Å². The first kappa shape index (κ1) is 23.1. The fraction of sp³-hybridized carbons (Fsp3) is 0.417. The van der Waals surface area contributed by atoms with E-state index in [1.807, 2.05) is 6.92 Å². The topological polar surface area (TPSA) is 70.7 Å².